The van der Waals surface area contributed by atoms with Gasteiger partial charge in [-0.2, -0.15) is 4.98 Å². The van der Waals surface area contributed by atoms with Gasteiger partial charge in [0.1, 0.15) is 17.2 Å². The summed E-state index contributed by atoms with van der Waals surface area (Å²) in [6.45, 7) is 7.90. The summed E-state index contributed by atoms with van der Waals surface area (Å²) in [4.78, 5) is 17.2. The Kier molecular flexibility index (Phi) is 7.68. The summed E-state index contributed by atoms with van der Waals surface area (Å²) in [5.74, 6) is 0.349. The Morgan fingerprint density at radius 3 is 2.59 bits per heavy atom. The standard InChI is InChI=1S/C27H35F2N7O3/c1-4-27(3,37)24-33-26(39-34-24)35-9-7-17(8-10-35)16(2)38-19-12-31-25(32-13-19)36-14-21(23(30)15-36)20-11-18(28)5-6-22(20)29/h5-6,11-13,16-17,21,23,37H,4,7-10,14-15,30H2,1-3H3. The second-order valence-electron chi connectivity index (χ2n) is 10.7. The van der Waals surface area contributed by atoms with Crippen LogP contribution in [0.3, 0.4) is 0 Å². The Labute approximate surface area is 226 Å². The van der Waals surface area contributed by atoms with Crippen molar-refractivity contribution in [1.29, 1.82) is 0 Å². The number of aliphatic hydroxyl groups is 1. The minimum Gasteiger partial charge on any atom is -0.487 e. The molecule has 2 fully saturated rings. The van der Waals surface area contributed by atoms with Crippen molar-refractivity contribution < 1.29 is 23.1 Å². The van der Waals surface area contributed by atoms with Gasteiger partial charge in [-0.15, -0.1) is 0 Å². The van der Waals surface area contributed by atoms with Gasteiger partial charge in [-0.3, -0.25) is 0 Å². The maximum absolute atomic E-state index is 14.3. The molecule has 2 aromatic heterocycles. The lowest BCUT2D eigenvalue weighted by molar-refractivity contribution is 0.0413. The lowest BCUT2D eigenvalue weighted by Crippen LogP contribution is -2.39. The van der Waals surface area contributed by atoms with Crippen LogP contribution in [0.2, 0.25) is 0 Å². The summed E-state index contributed by atoms with van der Waals surface area (Å²) in [6, 6.07) is 3.51. The van der Waals surface area contributed by atoms with Gasteiger partial charge in [-0.1, -0.05) is 12.1 Å². The molecular formula is C27H35F2N7O3. The first-order chi connectivity index (χ1) is 18.6. The number of benzene rings is 1. The molecule has 39 heavy (non-hydrogen) atoms. The molecule has 4 atom stereocenters. The molecule has 0 radical (unpaired) electrons. The smallest absolute Gasteiger partial charge is 0.324 e. The molecule has 0 bridgehead atoms. The monoisotopic (exact) mass is 543 g/mol. The van der Waals surface area contributed by atoms with E-state index in [1.165, 1.54) is 6.07 Å². The largest absolute Gasteiger partial charge is 0.487 e. The summed E-state index contributed by atoms with van der Waals surface area (Å²) in [5.41, 5.74) is 5.44. The lowest BCUT2D eigenvalue weighted by atomic mass is 9.92. The summed E-state index contributed by atoms with van der Waals surface area (Å²) < 4.78 is 39.6. The zero-order valence-electron chi connectivity index (χ0n) is 22.4. The predicted molar refractivity (Wildman–Crippen MR) is 141 cm³/mol. The Morgan fingerprint density at radius 1 is 1.18 bits per heavy atom. The number of piperidine rings is 1. The first kappa shape index (κ1) is 27.2. The zero-order valence-corrected chi connectivity index (χ0v) is 22.4. The highest BCUT2D eigenvalue weighted by Gasteiger charge is 2.35. The summed E-state index contributed by atoms with van der Waals surface area (Å²) in [6.07, 6.45) is 5.47. The van der Waals surface area contributed by atoms with E-state index in [2.05, 4.69) is 20.1 Å². The maximum Gasteiger partial charge on any atom is 0.324 e. The molecule has 10 nitrogen and oxygen atoms in total. The van der Waals surface area contributed by atoms with E-state index >= 15 is 0 Å². The van der Waals surface area contributed by atoms with Gasteiger partial charge in [-0.25, -0.2) is 18.7 Å². The second-order valence-corrected chi connectivity index (χ2v) is 10.7. The molecule has 210 valence electrons. The number of rotatable bonds is 8. The van der Waals surface area contributed by atoms with E-state index in [4.69, 9.17) is 15.0 Å². The van der Waals surface area contributed by atoms with Crippen LogP contribution in [0.4, 0.5) is 20.7 Å². The molecule has 2 saturated heterocycles. The van der Waals surface area contributed by atoms with Gasteiger partial charge in [0.15, 0.2) is 5.75 Å². The fourth-order valence-electron chi connectivity index (χ4n) is 5.25. The summed E-state index contributed by atoms with van der Waals surface area (Å²) in [5, 5.41) is 14.3. The first-order valence-electron chi connectivity index (χ1n) is 13.4. The first-order valence-corrected chi connectivity index (χ1v) is 13.4. The number of nitrogens with zero attached hydrogens (tertiary/aromatic N) is 6. The predicted octanol–water partition coefficient (Wildman–Crippen LogP) is 3.37. The van der Waals surface area contributed by atoms with Gasteiger partial charge in [0.2, 0.25) is 11.8 Å². The van der Waals surface area contributed by atoms with E-state index in [9.17, 15) is 13.9 Å². The van der Waals surface area contributed by atoms with Crippen molar-refractivity contribution in [2.75, 3.05) is 36.0 Å². The number of ether oxygens (including phenoxy) is 1. The molecule has 0 amide bonds. The van der Waals surface area contributed by atoms with Crippen molar-refractivity contribution in [2.45, 2.75) is 63.7 Å². The fraction of sp³-hybridized carbons (Fsp3) is 0.556. The number of aromatic nitrogens is 4. The van der Waals surface area contributed by atoms with Crippen molar-refractivity contribution in [3.05, 3.63) is 53.6 Å². The maximum atomic E-state index is 14.3. The van der Waals surface area contributed by atoms with Crippen LogP contribution in [0.5, 0.6) is 5.75 Å². The molecule has 5 rings (SSSR count). The van der Waals surface area contributed by atoms with Crippen LogP contribution >= 0.6 is 0 Å². The van der Waals surface area contributed by atoms with Gasteiger partial charge in [-0.05, 0) is 62.8 Å². The topological polar surface area (TPSA) is 127 Å². The van der Waals surface area contributed by atoms with Crippen molar-refractivity contribution in [3.8, 4) is 5.75 Å². The third kappa shape index (κ3) is 5.81. The number of hydrogen-bond donors (Lipinski definition) is 2. The highest BCUT2D eigenvalue weighted by molar-refractivity contribution is 5.39. The lowest BCUT2D eigenvalue weighted by Gasteiger charge is -2.33. The van der Waals surface area contributed by atoms with Crippen LogP contribution in [-0.2, 0) is 5.60 Å². The fourth-order valence-corrected chi connectivity index (χ4v) is 5.25. The van der Waals surface area contributed by atoms with Crippen LogP contribution in [0.25, 0.3) is 0 Å². The molecule has 1 aromatic carbocycles. The molecule has 4 heterocycles. The van der Waals surface area contributed by atoms with E-state index in [1.54, 1.807) is 19.3 Å². The normalized spacial score (nSPS) is 22.6. The van der Waals surface area contributed by atoms with Crippen LogP contribution in [0.1, 0.15) is 57.3 Å². The molecule has 3 N–H and O–H groups in total. The van der Waals surface area contributed by atoms with E-state index in [1.807, 2.05) is 23.6 Å². The Balaban J connectivity index is 1.14. The van der Waals surface area contributed by atoms with Gasteiger partial charge >= 0.3 is 6.01 Å². The Bertz CT molecular complexity index is 1260. The quantitative estimate of drug-likeness (QED) is 0.437. The summed E-state index contributed by atoms with van der Waals surface area (Å²) >= 11 is 0. The number of nitrogens with two attached hydrogens (primary N) is 1. The van der Waals surface area contributed by atoms with Crippen molar-refractivity contribution >= 4 is 12.0 Å². The van der Waals surface area contributed by atoms with E-state index in [-0.39, 0.29) is 23.6 Å². The molecule has 2 aliphatic heterocycles. The summed E-state index contributed by atoms with van der Waals surface area (Å²) in [7, 11) is 0. The van der Waals surface area contributed by atoms with Gasteiger partial charge in [0.25, 0.3) is 0 Å². The van der Waals surface area contributed by atoms with Crippen molar-refractivity contribution in [3.63, 3.8) is 0 Å². The van der Waals surface area contributed by atoms with Crippen LogP contribution < -0.4 is 20.3 Å². The second kappa shape index (κ2) is 11.0. The van der Waals surface area contributed by atoms with Crippen molar-refractivity contribution in [2.24, 2.45) is 11.7 Å². The molecule has 0 saturated carbocycles. The third-order valence-corrected chi connectivity index (χ3v) is 8.00. The van der Waals surface area contributed by atoms with Crippen LogP contribution in [0.15, 0.2) is 35.1 Å². The van der Waals surface area contributed by atoms with Crippen molar-refractivity contribution in [1.82, 2.24) is 20.1 Å². The average Bonchev–Trinajstić information content (AvgIpc) is 3.58. The Hall–Kier alpha value is -3.38. The molecular weight excluding hydrogens is 508 g/mol. The van der Waals surface area contributed by atoms with Gasteiger partial charge < -0.3 is 29.9 Å². The molecule has 12 heteroatoms. The van der Waals surface area contributed by atoms with Gasteiger partial charge in [0, 0.05) is 38.1 Å². The molecule has 2 aliphatic rings. The molecule has 0 aliphatic carbocycles. The molecule has 3 aromatic rings. The highest BCUT2D eigenvalue weighted by atomic mass is 19.1. The SMILES string of the molecule is CCC(C)(O)c1noc(N2CCC(C(C)Oc3cnc(N4CC(N)C(c5cc(F)ccc5F)C4)nc3)CC2)n1. The van der Waals surface area contributed by atoms with Crippen LogP contribution in [0, 0.1) is 17.6 Å². The van der Waals surface area contributed by atoms with E-state index in [0.717, 1.165) is 38.1 Å². The van der Waals surface area contributed by atoms with Gasteiger partial charge in [0.05, 0.1) is 18.5 Å². The van der Waals surface area contributed by atoms with E-state index in [0.29, 0.717) is 49.0 Å². The number of halogens is 2. The highest BCUT2D eigenvalue weighted by Crippen LogP contribution is 2.32. The average molecular weight is 544 g/mol. The Morgan fingerprint density at radius 2 is 1.90 bits per heavy atom. The third-order valence-electron chi connectivity index (χ3n) is 8.00. The number of anilines is 2. The number of hydrogen-bond acceptors (Lipinski definition) is 10. The zero-order chi connectivity index (χ0) is 27.7. The minimum absolute atomic E-state index is 0.0544. The van der Waals surface area contributed by atoms with E-state index < -0.39 is 17.2 Å². The molecule has 0 spiro atoms. The molecule has 4 unspecified atom stereocenters. The van der Waals surface area contributed by atoms with Crippen LogP contribution in [-0.4, -0.2) is 63.5 Å². The minimum atomic E-state index is -1.11.